The molecule has 0 aliphatic rings. The van der Waals surface area contributed by atoms with Crippen molar-refractivity contribution in [2.45, 2.75) is 34.2 Å². The lowest BCUT2D eigenvalue weighted by Crippen LogP contribution is -2.30. The van der Waals surface area contributed by atoms with Gasteiger partial charge in [-0.15, -0.1) is 0 Å². The topological polar surface area (TPSA) is 51.4 Å². The minimum absolute atomic E-state index is 0.527. The Hall–Kier alpha value is -1.13. The van der Waals surface area contributed by atoms with Gasteiger partial charge in [0, 0.05) is 37.5 Å². The van der Waals surface area contributed by atoms with Crippen LogP contribution in [-0.4, -0.2) is 31.3 Å². The number of ether oxygens (including phenoxy) is 1. The van der Waals surface area contributed by atoms with Gasteiger partial charge in [0.15, 0.2) is 0 Å². The highest BCUT2D eigenvalue weighted by molar-refractivity contribution is 5.51. The Morgan fingerprint density at radius 1 is 1.33 bits per heavy atom. The van der Waals surface area contributed by atoms with E-state index in [2.05, 4.69) is 29.8 Å². The summed E-state index contributed by atoms with van der Waals surface area (Å²) in [5.41, 5.74) is 9.24. The summed E-state index contributed by atoms with van der Waals surface area (Å²) >= 11 is 0. The normalized spacial score (nSPS) is 10.7. The second kappa shape index (κ2) is 7.34. The van der Waals surface area contributed by atoms with E-state index in [0.717, 1.165) is 43.4 Å². The summed E-state index contributed by atoms with van der Waals surface area (Å²) in [5.74, 6) is 1.01. The van der Waals surface area contributed by atoms with Gasteiger partial charge in [-0.2, -0.15) is 0 Å². The van der Waals surface area contributed by atoms with Gasteiger partial charge >= 0.3 is 0 Å². The van der Waals surface area contributed by atoms with Gasteiger partial charge in [-0.3, -0.25) is 0 Å². The van der Waals surface area contributed by atoms with Gasteiger partial charge in [0.1, 0.15) is 5.82 Å². The molecular weight excluding hydrogens is 226 g/mol. The van der Waals surface area contributed by atoms with Gasteiger partial charge in [-0.05, 0) is 39.3 Å². The molecule has 0 amide bonds. The maximum Gasteiger partial charge on any atom is 0.133 e. The summed E-state index contributed by atoms with van der Waals surface area (Å²) in [7, 11) is 0. The quantitative estimate of drug-likeness (QED) is 0.753. The molecule has 102 valence electrons. The van der Waals surface area contributed by atoms with E-state index in [4.69, 9.17) is 10.5 Å². The first-order valence-electron chi connectivity index (χ1n) is 6.63. The van der Waals surface area contributed by atoms with Crippen LogP contribution in [0.4, 0.5) is 5.82 Å². The van der Waals surface area contributed by atoms with Crippen molar-refractivity contribution in [3.63, 3.8) is 0 Å². The van der Waals surface area contributed by atoms with E-state index in [-0.39, 0.29) is 0 Å². The summed E-state index contributed by atoms with van der Waals surface area (Å²) < 4.78 is 5.42. The Morgan fingerprint density at radius 3 is 2.61 bits per heavy atom. The molecule has 18 heavy (non-hydrogen) atoms. The fourth-order valence-electron chi connectivity index (χ4n) is 2.09. The first-order valence-corrected chi connectivity index (χ1v) is 6.63. The van der Waals surface area contributed by atoms with Crippen molar-refractivity contribution in [3.05, 3.63) is 22.9 Å². The summed E-state index contributed by atoms with van der Waals surface area (Å²) in [6.07, 6.45) is 0. The molecule has 0 bridgehead atoms. The minimum Gasteiger partial charge on any atom is -0.380 e. The van der Waals surface area contributed by atoms with E-state index in [1.165, 1.54) is 5.56 Å². The molecule has 0 aliphatic heterocycles. The molecular formula is C14H25N3O. The Labute approximate surface area is 110 Å². The highest BCUT2D eigenvalue weighted by Gasteiger charge is 2.13. The maximum atomic E-state index is 5.85. The van der Waals surface area contributed by atoms with E-state index in [1.54, 1.807) is 0 Å². The van der Waals surface area contributed by atoms with Gasteiger partial charge in [0.05, 0.1) is 6.61 Å². The molecule has 2 N–H and O–H groups in total. The Balaban J connectivity index is 2.96. The molecule has 0 saturated heterocycles. The average Bonchev–Trinajstić information content (AvgIpc) is 2.34. The zero-order valence-electron chi connectivity index (χ0n) is 12.0. The highest BCUT2D eigenvalue weighted by atomic mass is 16.5. The second-order valence-corrected chi connectivity index (χ2v) is 4.36. The van der Waals surface area contributed by atoms with Gasteiger partial charge in [-0.25, -0.2) is 4.98 Å². The predicted molar refractivity (Wildman–Crippen MR) is 76.0 cm³/mol. The first-order chi connectivity index (χ1) is 8.63. The number of anilines is 1. The van der Waals surface area contributed by atoms with Gasteiger partial charge in [0.25, 0.3) is 0 Å². The number of rotatable bonds is 7. The lowest BCUT2D eigenvalue weighted by molar-refractivity contribution is 0.154. The molecule has 0 saturated carbocycles. The molecule has 4 heteroatoms. The highest BCUT2D eigenvalue weighted by Crippen LogP contribution is 2.21. The zero-order valence-corrected chi connectivity index (χ0v) is 12.0. The SMILES string of the molecule is CCOCCN(CC)c1nc(C)cc(C)c1CN. The van der Waals surface area contributed by atoms with Crippen molar-refractivity contribution in [3.8, 4) is 0 Å². The lowest BCUT2D eigenvalue weighted by Gasteiger charge is -2.25. The standard InChI is InChI=1S/C14H25N3O/c1-5-17(7-8-18-6-2)14-13(10-15)11(3)9-12(4)16-14/h9H,5-8,10,15H2,1-4H3. The van der Waals surface area contributed by atoms with Crippen LogP contribution >= 0.6 is 0 Å². The fraction of sp³-hybridized carbons (Fsp3) is 0.643. The molecule has 0 atom stereocenters. The molecule has 1 aromatic rings. The van der Waals surface area contributed by atoms with Crippen molar-refractivity contribution in [1.82, 2.24) is 4.98 Å². The van der Waals surface area contributed by atoms with Crippen LogP contribution in [0.1, 0.15) is 30.7 Å². The van der Waals surface area contributed by atoms with Crippen molar-refractivity contribution >= 4 is 5.82 Å². The largest absolute Gasteiger partial charge is 0.380 e. The van der Waals surface area contributed by atoms with Crippen molar-refractivity contribution in [1.29, 1.82) is 0 Å². The van der Waals surface area contributed by atoms with Crippen LogP contribution < -0.4 is 10.6 Å². The lowest BCUT2D eigenvalue weighted by atomic mass is 10.1. The third-order valence-corrected chi connectivity index (χ3v) is 3.05. The molecule has 0 aromatic carbocycles. The number of hydrogen-bond acceptors (Lipinski definition) is 4. The van der Waals surface area contributed by atoms with E-state index < -0.39 is 0 Å². The number of nitrogens with two attached hydrogens (primary N) is 1. The fourth-order valence-corrected chi connectivity index (χ4v) is 2.09. The Kier molecular flexibility index (Phi) is 6.09. The molecule has 0 aliphatic carbocycles. The summed E-state index contributed by atoms with van der Waals surface area (Å²) in [5, 5.41) is 0. The predicted octanol–water partition coefficient (Wildman–Crippen LogP) is 2.02. The van der Waals surface area contributed by atoms with Crippen LogP contribution in [0.25, 0.3) is 0 Å². The molecule has 4 nitrogen and oxygen atoms in total. The summed E-state index contributed by atoms with van der Waals surface area (Å²) in [6, 6.07) is 2.09. The Bertz CT molecular complexity index is 380. The molecule has 0 unspecified atom stereocenters. The zero-order chi connectivity index (χ0) is 13.5. The van der Waals surface area contributed by atoms with Crippen molar-refractivity contribution in [2.75, 3.05) is 31.2 Å². The van der Waals surface area contributed by atoms with Crippen molar-refractivity contribution < 1.29 is 4.74 Å². The molecule has 1 rings (SSSR count). The van der Waals surface area contributed by atoms with Gasteiger partial charge in [-0.1, -0.05) is 0 Å². The smallest absolute Gasteiger partial charge is 0.133 e. The maximum absolute atomic E-state index is 5.85. The van der Waals surface area contributed by atoms with Crippen LogP contribution in [0.3, 0.4) is 0 Å². The molecule has 1 heterocycles. The monoisotopic (exact) mass is 251 g/mol. The third-order valence-electron chi connectivity index (χ3n) is 3.05. The number of hydrogen-bond donors (Lipinski definition) is 1. The van der Waals surface area contributed by atoms with Crippen LogP contribution in [0.2, 0.25) is 0 Å². The molecule has 0 spiro atoms. The number of aryl methyl sites for hydroxylation is 2. The van der Waals surface area contributed by atoms with Crippen molar-refractivity contribution in [2.24, 2.45) is 5.73 Å². The van der Waals surface area contributed by atoms with Crippen LogP contribution in [-0.2, 0) is 11.3 Å². The van der Waals surface area contributed by atoms with E-state index in [9.17, 15) is 0 Å². The second-order valence-electron chi connectivity index (χ2n) is 4.36. The molecule has 0 fully saturated rings. The average molecular weight is 251 g/mol. The van der Waals surface area contributed by atoms with Crippen LogP contribution in [0.15, 0.2) is 6.07 Å². The molecule has 1 aromatic heterocycles. The number of likely N-dealkylation sites (N-methyl/N-ethyl adjacent to an activating group) is 1. The third kappa shape index (κ3) is 3.68. The number of pyridine rings is 1. The minimum atomic E-state index is 0.527. The van der Waals surface area contributed by atoms with Gasteiger partial charge < -0.3 is 15.4 Å². The van der Waals surface area contributed by atoms with Crippen LogP contribution in [0, 0.1) is 13.8 Å². The van der Waals surface area contributed by atoms with Gasteiger partial charge in [0.2, 0.25) is 0 Å². The first kappa shape index (κ1) is 14.9. The summed E-state index contributed by atoms with van der Waals surface area (Å²) in [4.78, 5) is 6.88. The van der Waals surface area contributed by atoms with Crippen LogP contribution in [0.5, 0.6) is 0 Å². The van der Waals surface area contributed by atoms with E-state index in [1.807, 2.05) is 13.8 Å². The Morgan fingerprint density at radius 2 is 2.06 bits per heavy atom. The number of aromatic nitrogens is 1. The van der Waals surface area contributed by atoms with E-state index >= 15 is 0 Å². The summed E-state index contributed by atoms with van der Waals surface area (Å²) in [6.45, 7) is 12.0. The number of nitrogens with zero attached hydrogens (tertiary/aromatic N) is 2. The van der Waals surface area contributed by atoms with E-state index in [0.29, 0.717) is 6.54 Å². The molecule has 0 radical (unpaired) electrons.